The van der Waals surface area contributed by atoms with Gasteiger partial charge in [0, 0.05) is 22.8 Å². The fourth-order valence-corrected chi connectivity index (χ4v) is 1.22. The van der Waals surface area contributed by atoms with E-state index in [0.29, 0.717) is 10.9 Å². The van der Waals surface area contributed by atoms with Crippen molar-refractivity contribution >= 4 is 16.8 Å². The van der Waals surface area contributed by atoms with E-state index in [1.807, 2.05) is 0 Å². The second kappa shape index (κ2) is 2.91. The molecule has 0 bridgehead atoms. The number of carbonyl (C=O) groups excluding carboxylic acids is 1. The van der Waals surface area contributed by atoms with E-state index in [0.717, 1.165) is 0 Å². The molecule has 6 nitrogen and oxygen atoms in total. The molecule has 0 saturated heterocycles. The van der Waals surface area contributed by atoms with Gasteiger partial charge in [0.2, 0.25) is 5.56 Å². The van der Waals surface area contributed by atoms with Crippen molar-refractivity contribution in [2.75, 3.05) is 0 Å². The number of nitroso groups, excluding NO2 is 1. The average Bonchev–Trinajstić information content (AvgIpc) is 2.59. The van der Waals surface area contributed by atoms with E-state index in [4.69, 9.17) is 0 Å². The zero-order valence-electron chi connectivity index (χ0n) is 6.90. The van der Waals surface area contributed by atoms with Crippen LogP contribution in [0.3, 0.4) is 0 Å². The van der Waals surface area contributed by atoms with E-state index < -0.39 is 5.91 Å². The number of fused-ring (bicyclic) bond motifs is 1. The van der Waals surface area contributed by atoms with Crippen LogP contribution >= 0.6 is 0 Å². The van der Waals surface area contributed by atoms with Gasteiger partial charge in [0.15, 0.2) is 0 Å². The normalized spacial score (nSPS) is 10.3. The Morgan fingerprint density at radius 1 is 1.36 bits per heavy atom. The zero-order valence-corrected chi connectivity index (χ0v) is 6.90. The molecule has 0 aliphatic heterocycles. The minimum absolute atomic E-state index is 0.0778. The maximum absolute atomic E-state index is 10.9. The number of aromatic nitrogens is 2. The topological polar surface area (TPSA) is 95.2 Å². The number of nitrogens with one attached hydrogen (secondary N) is 2. The molecule has 2 heterocycles. The molecule has 6 heteroatoms. The molecule has 2 aromatic heterocycles. The van der Waals surface area contributed by atoms with Crippen molar-refractivity contribution in [3.63, 3.8) is 0 Å². The van der Waals surface area contributed by atoms with E-state index in [2.05, 4.69) is 15.1 Å². The lowest BCUT2D eigenvalue weighted by molar-refractivity contribution is 0.0997. The molecule has 0 fully saturated rings. The van der Waals surface area contributed by atoms with E-state index in [9.17, 15) is 14.5 Å². The fourth-order valence-electron chi connectivity index (χ4n) is 1.22. The van der Waals surface area contributed by atoms with E-state index >= 15 is 0 Å². The summed E-state index contributed by atoms with van der Waals surface area (Å²) in [4.78, 5) is 36.8. The molecular weight excluding hydrogens is 186 g/mol. The number of amides is 1. The first-order valence-corrected chi connectivity index (χ1v) is 3.80. The van der Waals surface area contributed by atoms with Crippen LogP contribution in [0.1, 0.15) is 10.5 Å². The predicted octanol–water partition coefficient (Wildman–Crippen LogP) is 0.763. The highest BCUT2D eigenvalue weighted by atomic mass is 16.3. The van der Waals surface area contributed by atoms with Gasteiger partial charge in [-0.3, -0.25) is 9.59 Å². The molecule has 70 valence electrons. The van der Waals surface area contributed by atoms with Crippen molar-refractivity contribution in [3.05, 3.63) is 39.3 Å². The number of pyridine rings is 1. The fraction of sp³-hybridized carbons (Fsp3) is 0. The second-order valence-corrected chi connectivity index (χ2v) is 2.75. The Labute approximate surface area is 76.9 Å². The molecule has 0 spiro atoms. The van der Waals surface area contributed by atoms with Gasteiger partial charge in [0.1, 0.15) is 5.69 Å². The van der Waals surface area contributed by atoms with Crippen LogP contribution < -0.4 is 5.56 Å². The molecule has 2 N–H and O–H groups in total. The number of hydrogen-bond acceptors (Lipinski definition) is 3. The summed E-state index contributed by atoms with van der Waals surface area (Å²) in [6.07, 6.45) is 1.43. The average molecular weight is 191 g/mol. The first kappa shape index (κ1) is 8.36. The third-order valence-corrected chi connectivity index (χ3v) is 1.84. The molecule has 0 aliphatic carbocycles. The molecular formula is C8H5N3O3. The molecule has 2 aromatic rings. The van der Waals surface area contributed by atoms with E-state index in [1.54, 1.807) is 0 Å². The van der Waals surface area contributed by atoms with Crippen molar-refractivity contribution in [1.82, 2.24) is 9.97 Å². The van der Waals surface area contributed by atoms with Crippen LogP contribution in [-0.4, -0.2) is 15.9 Å². The summed E-state index contributed by atoms with van der Waals surface area (Å²) in [5.74, 6) is -0.881. The van der Waals surface area contributed by atoms with Crippen LogP contribution in [0.15, 0.2) is 28.3 Å². The van der Waals surface area contributed by atoms with Gasteiger partial charge in [-0.2, -0.15) is 0 Å². The van der Waals surface area contributed by atoms with Gasteiger partial charge < -0.3 is 9.97 Å². The third kappa shape index (κ3) is 1.22. The Hall–Kier alpha value is -2.24. The van der Waals surface area contributed by atoms with Gasteiger partial charge in [0.25, 0.3) is 0 Å². The van der Waals surface area contributed by atoms with Crippen LogP contribution in [-0.2, 0) is 0 Å². The van der Waals surface area contributed by atoms with Crippen LogP contribution in [0.5, 0.6) is 0 Å². The largest absolute Gasteiger partial charge is 0.349 e. The molecule has 1 amide bonds. The van der Waals surface area contributed by atoms with Crippen molar-refractivity contribution in [2.24, 2.45) is 5.18 Å². The number of H-pyrrole nitrogens is 2. The van der Waals surface area contributed by atoms with Crippen LogP contribution in [0.25, 0.3) is 10.9 Å². The minimum Gasteiger partial charge on any atom is -0.349 e. The summed E-state index contributed by atoms with van der Waals surface area (Å²) in [6, 6.07) is 2.74. The highest BCUT2D eigenvalue weighted by molar-refractivity contribution is 5.98. The molecule has 2 rings (SSSR count). The first-order valence-electron chi connectivity index (χ1n) is 3.80. The Morgan fingerprint density at radius 3 is 2.86 bits per heavy atom. The summed E-state index contributed by atoms with van der Waals surface area (Å²) in [6.45, 7) is 0. The summed E-state index contributed by atoms with van der Waals surface area (Å²) in [5, 5.41) is 2.84. The molecule has 0 unspecified atom stereocenters. The standard InChI is InChI=1S/C8H5N3O3/c12-7-2-4-1-5(8(13)11-14)10-6(4)3-9-7/h1-3,10H,(H,9,12). The second-order valence-electron chi connectivity index (χ2n) is 2.75. The van der Waals surface area contributed by atoms with Gasteiger partial charge in [-0.25, -0.2) is 0 Å². The number of carbonyl (C=O) groups is 1. The lowest BCUT2D eigenvalue weighted by Crippen LogP contribution is -2.00. The van der Waals surface area contributed by atoms with Gasteiger partial charge in [-0.05, 0) is 6.07 Å². The van der Waals surface area contributed by atoms with Crippen molar-refractivity contribution in [1.29, 1.82) is 0 Å². The third-order valence-electron chi connectivity index (χ3n) is 1.84. The molecule has 0 radical (unpaired) electrons. The molecule has 0 aliphatic rings. The Bertz CT molecular complexity index is 566. The van der Waals surface area contributed by atoms with Crippen molar-refractivity contribution < 1.29 is 4.79 Å². The van der Waals surface area contributed by atoms with Gasteiger partial charge in [-0.15, -0.1) is 4.91 Å². The summed E-state index contributed by atoms with van der Waals surface area (Å²) in [5.41, 5.74) is 0.389. The van der Waals surface area contributed by atoms with E-state index in [1.165, 1.54) is 18.3 Å². The smallest absolute Gasteiger partial charge is 0.332 e. The van der Waals surface area contributed by atoms with Crippen LogP contribution in [0.4, 0.5) is 0 Å². The quantitative estimate of drug-likeness (QED) is 0.651. The van der Waals surface area contributed by atoms with Crippen molar-refractivity contribution in [2.45, 2.75) is 0 Å². The highest BCUT2D eigenvalue weighted by Crippen LogP contribution is 2.12. The Balaban J connectivity index is 2.68. The van der Waals surface area contributed by atoms with Crippen molar-refractivity contribution in [3.8, 4) is 0 Å². The maximum Gasteiger partial charge on any atom is 0.332 e. The maximum atomic E-state index is 10.9. The number of nitrogens with zero attached hydrogens (tertiary/aromatic N) is 1. The summed E-state index contributed by atoms with van der Waals surface area (Å²) >= 11 is 0. The highest BCUT2D eigenvalue weighted by Gasteiger charge is 2.09. The van der Waals surface area contributed by atoms with Gasteiger partial charge in [0.05, 0.1) is 5.52 Å². The van der Waals surface area contributed by atoms with Gasteiger partial charge >= 0.3 is 5.91 Å². The zero-order chi connectivity index (χ0) is 10.1. The Kier molecular flexibility index (Phi) is 1.74. The summed E-state index contributed by atoms with van der Waals surface area (Å²) in [7, 11) is 0. The molecule has 0 atom stereocenters. The first-order chi connectivity index (χ1) is 6.70. The number of hydrogen-bond donors (Lipinski definition) is 2. The van der Waals surface area contributed by atoms with E-state index in [-0.39, 0.29) is 11.3 Å². The lowest BCUT2D eigenvalue weighted by atomic mass is 10.3. The van der Waals surface area contributed by atoms with Crippen LogP contribution in [0, 0.1) is 4.91 Å². The minimum atomic E-state index is -0.881. The number of aromatic amines is 2. The summed E-state index contributed by atoms with van der Waals surface area (Å²) < 4.78 is 0. The molecule has 14 heavy (non-hydrogen) atoms. The number of rotatable bonds is 1. The Morgan fingerprint density at radius 2 is 2.14 bits per heavy atom. The van der Waals surface area contributed by atoms with Gasteiger partial charge in [-0.1, -0.05) is 0 Å². The monoisotopic (exact) mass is 191 g/mol. The lowest BCUT2D eigenvalue weighted by Gasteiger charge is -1.84. The van der Waals surface area contributed by atoms with Crippen LogP contribution in [0.2, 0.25) is 0 Å². The molecule has 0 aromatic carbocycles. The predicted molar refractivity (Wildman–Crippen MR) is 49.0 cm³/mol. The SMILES string of the molecule is O=NC(=O)c1cc2cc(=O)[nH]cc2[nH]1. The molecule has 0 saturated carbocycles.